The summed E-state index contributed by atoms with van der Waals surface area (Å²) in [7, 11) is 0. The number of hydrogen-bond donors (Lipinski definition) is 1. The van der Waals surface area contributed by atoms with Gasteiger partial charge in [-0.3, -0.25) is 4.79 Å². The fourth-order valence-corrected chi connectivity index (χ4v) is 3.22. The summed E-state index contributed by atoms with van der Waals surface area (Å²) >= 11 is 0. The van der Waals surface area contributed by atoms with Crippen LogP contribution in [0.5, 0.6) is 5.75 Å². The number of ether oxygens (including phenoxy) is 1. The van der Waals surface area contributed by atoms with E-state index in [0.29, 0.717) is 18.1 Å². The van der Waals surface area contributed by atoms with Crippen LogP contribution in [0, 0.1) is 11.8 Å². The predicted molar refractivity (Wildman–Crippen MR) is 78.0 cm³/mol. The Morgan fingerprint density at radius 2 is 2.15 bits per heavy atom. The number of benzene rings is 1. The van der Waals surface area contributed by atoms with Crippen LogP contribution >= 0.6 is 0 Å². The second kappa shape index (κ2) is 5.65. The molecule has 0 aromatic heterocycles. The van der Waals surface area contributed by atoms with E-state index in [2.05, 4.69) is 10.5 Å². The van der Waals surface area contributed by atoms with E-state index in [9.17, 15) is 4.79 Å². The average Bonchev–Trinajstić information content (AvgIpc) is 3.08. The third-order valence-electron chi connectivity index (χ3n) is 4.24. The molecular formula is C16H20N2O2. The van der Waals surface area contributed by atoms with Crippen molar-refractivity contribution in [3.63, 3.8) is 0 Å². The minimum absolute atomic E-state index is 0.150. The lowest BCUT2D eigenvalue weighted by atomic mass is 9.99. The van der Waals surface area contributed by atoms with Gasteiger partial charge in [-0.2, -0.15) is 5.10 Å². The van der Waals surface area contributed by atoms with Crippen LogP contribution < -0.4 is 10.2 Å². The van der Waals surface area contributed by atoms with Crippen molar-refractivity contribution in [2.75, 3.05) is 6.61 Å². The number of nitrogens with one attached hydrogen (secondary N) is 1. The van der Waals surface area contributed by atoms with Crippen LogP contribution in [0.1, 0.15) is 43.0 Å². The molecule has 3 rings (SSSR count). The number of nitrogens with zero attached hydrogens (tertiary/aromatic N) is 1. The molecule has 0 spiro atoms. The molecule has 2 saturated carbocycles. The molecule has 106 valence electrons. The number of carbonyl (C=O) groups excluding carboxylic acids is 1. The summed E-state index contributed by atoms with van der Waals surface area (Å²) in [6.45, 7) is 2.56. The Hall–Kier alpha value is -1.84. The molecule has 1 amide bonds. The Balaban J connectivity index is 1.60. The SMILES string of the molecule is CCOc1ccc(C(=O)N/N=C2\C[C@H]3CC[C@@H]2C3)cc1. The van der Waals surface area contributed by atoms with Gasteiger partial charge >= 0.3 is 0 Å². The highest BCUT2D eigenvalue weighted by Gasteiger charge is 2.36. The van der Waals surface area contributed by atoms with E-state index in [1.165, 1.54) is 25.0 Å². The second-order valence-electron chi connectivity index (χ2n) is 5.58. The zero-order valence-electron chi connectivity index (χ0n) is 11.8. The summed E-state index contributed by atoms with van der Waals surface area (Å²) in [5, 5.41) is 4.33. The van der Waals surface area contributed by atoms with Crippen molar-refractivity contribution in [1.29, 1.82) is 0 Å². The van der Waals surface area contributed by atoms with Crippen molar-refractivity contribution < 1.29 is 9.53 Å². The van der Waals surface area contributed by atoms with Gasteiger partial charge in [0.15, 0.2) is 0 Å². The van der Waals surface area contributed by atoms with Crippen LogP contribution in [-0.2, 0) is 0 Å². The average molecular weight is 272 g/mol. The second-order valence-corrected chi connectivity index (χ2v) is 5.58. The lowest BCUT2D eigenvalue weighted by molar-refractivity contribution is 0.0954. The topological polar surface area (TPSA) is 50.7 Å². The number of amides is 1. The summed E-state index contributed by atoms with van der Waals surface area (Å²) in [6, 6.07) is 7.15. The van der Waals surface area contributed by atoms with E-state index >= 15 is 0 Å². The largest absolute Gasteiger partial charge is 0.494 e. The molecule has 2 fully saturated rings. The van der Waals surface area contributed by atoms with Crippen LogP contribution in [0.15, 0.2) is 29.4 Å². The Bertz CT molecular complexity index is 522. The normalized spacial score (nSPS) is 25.9. The Morgan fingerprint density at radius 3 is 2.75 bits per heavy atom. The monoisotopic (exact) mass is 272 g/mol. The molecular weight excluding hydrogens is 252 g/mol. The van der Waals surface area contributed by atoms with E-state index in [1.54, 1.807) is 12.1 Å². The van der Waals surface area contributed by atoms with E-state index in [4.69, 9.17) is 4.74 Å². The van der Waals surface area contributed by atoms with E-state index in [-0.39, 0.29) is 5.91 Å². The van der Waals surface area contributed by atoms with Gasteiger partial charge in [0.2, 0.25) is 0 Å². The zero-order valence-corrected chi connectivity index (χ0v) is 11.8. The fraction of sp³-hybridized carbons (Fsp3) is 0.500. The quantitative estimate of drug-likeness (QED) is 0.857. The number of carbonyl (C=O) groups is 1. The first-order chi connectivity index (χ1) is 9.76. The first-order valence-corrected chi connectivity index (χ1v) is 7.36. The van der Waals surface area contributed by atoms with E-state index in [1.807, 2.05) is 19.1 Å². The maximum absolute atomic E-state index is 12.0. The first kappa shape index (κ1) is 13.2. The van der Waals surface area contributed by atoms with E-state index < -0.39 is 0 Å². The summed E-state index contributed by atoms with van der Waals surface area (Å²) < 4.78 is 5.36. The lowest BCUT2D eigenvalue weighted by Crippen LogP contribution is -2.21. The summed E-state index contributed by atoms with van der Waals surface area (Å²) in [4.78, 5) is 12.0. The lowest BCUT2D eigenvalue weighted by Gasteiger charge is -2.11. The van der Waals surface area contributed by atoms with Crippen LogP contribution in [0.3, 0.4) is 0 Å². The van der Waals surface area contributed by atoms with Gasteiger partial charge in [0.25, 0.3) is 5.91 Å². The Kier molecular flexibility index (Phi) is 3.72. The summed E-state index contributed by atoms with van der Waals surface area (Å²) in [6.07, 6.45) is 4.89. The highest BCUT2D eigenvalue weighted by Crippen LogP contribution is 2.42. The van der Waals surface area contributed by atoms with Crippen LogP contribution in [0.25, 0.3) is 0 Å². The van der Waals surface area contributed by atoms with Gasteiger partial charge in [0.1, 0.15) is 5.75 Å². The highest BCUT2D eigenvalue weighted by atomic mass is 16.5. The molecule has 1 aromatic carbocycles. The van der Waals surface area contributed by atoms with Gasteiger partial charge in [-0.1, -0.05) is 0 Å². The van der Waals surface area contributed by atoms with Gasteiger partial charge < -0.3 is 4.74 Å². The van der Waals surface area contributed by atoms with E-state index in [0.717, 1.165) is 18.1 Å². The van der Waals surface area contributed by atoms with Gasteiger partial charge in [0.05, 0.1) is 6.61 Å². The van der Waals surface area contributed by atoms with Crippen LogP contribution in [0.2, 0.25) is 0 Å². The van der Waals surface area contributed by atoms with Crippen molar-refractivity contribution in [2.45, 2.75) is 32.6 Å². The molecule has 2 atom stereocenters. The molecule has 0 saturated heterocycles. The Labute approximate surface area is 119 Å². The number of rotatable bonds is 4. The molecule has 2 bridgehead atoms. The highest BCUT2D eigenvalue weighted by molar-refractivity contribution is 5.96. The minimum atomic E-state index is -0.150. The molecule has 1 aromatic rings. The fourth-order valence-electron chi connectivity index (χ4n) is 3.22. The third-order valence-corrected chi connectivity index (χ3v) is 4.24. The zero-order chi connectivity index (χ0) is 13.9. The molecule has 20 heavy (non-hydrogen) atoms. The van der Waals surface area contributed by atoms with Gasteiger partial charge in [-0.25, -0.2) is 5.43 Å². The predicted octanol–water partition coefficient (Wildman–Crippen LogP) is 2.99. The van der Waals surface area contributed by atoms with Crippen molar-refractivity contribution >= 4 is 11.6 Å². The summed E-state index contributed by atoms with van der Waals surface area (Å²) in [5.74, 6) is 2.05. The van der Waals surface area contributed by atoms with Crippen molar-refractivity contribution in [3.8, 4) is 5.75 Å². The standard InChI is InChI=1S/C16H20N2O2/c1-2-20-14-7-5-12(6-8-14)16(19)18-17-15-10-11-3-4-13(15)9-11/h5-8,11,13H,2-4,9-10H2,1H3,(H,18,19)/b17-15+/t11-,13+/m0/s1. The van der Waals surface area contributed by atoms with Crippen LogP contribution in [0.4, 0.5) is 0 Å². The van der Waals surface area contributed by atoms with Gasteiger partial charge in [0, 0.05) is 11.3 Å². The number of hydrazone groups is 1. The van der Waals surface area contributed by atoms with Crippen molar-refractivity contribution in [2.24, 2.45) is 16.9 Å². The maximum Gasteiger partial charge on any atom is 0.271 e. The molecule has 0 unspecified atom stereocenters. The molecule has 4 nitrogen and oxygen atoms in total. The number of fused-ring (bicyclic) bond motifs is 2. The van der Waals surface area contributed by atoms with Gasteiger partial charge in [-0.05, 0) is 68.7 Å². The first-order valence-electron chi connectivity index (χ1n) is 7.36. The van der Waals surface area contributed by atoms with Crippen molar-refractivity contribution in [3.05, 3.63) is 29.8 Å². The molecule has 0 aliphatic heterocycles. The summed E-state index contributed by atoms with van der Waals surface area (Å²) in [5.41, 5.74) is 4.48. The molecule has 2 aliphatic carbocycles. The molecule has 1 N–H and O–H groups in total. The molecule has 4 heteroatoms. The van der Waals surface area contributed by atoms with Gasteiger partial charge in [-0.15, -0.1) is 0 Å². The van der Waals surface area contributed by atoms with Crippen LogP contribution in [-0.4, -0.2) is 18.2 Å². The minimum Gasteiger partial charge on any atom is -0.494 e. The Morgan fingerprint density at radius 1 is 1.35 bits per heavy atom. The third kappa shape index (κ3) is 2.69. The van der Waals surface area contributed by atoms with Crippen molar-refractivity contribution in [1.82, 2.24) is 5.43 Å². The number of hydrogen-bond acceptors (Lipinski definition) is 3. The maximum atomic E-state index is 12.0. The molecule has 0 radical (unpaired) electrons. The smallest absolute Gasteiger partial charge is 0.271 e. The molecule has 2 aliphatic rings. The molecule has 0 heterocycles.